The molecule has 1 aromatic rings. The van der Waals surface area contributed by atoms with E-state index in [0.29, 0.717) is 0 Å². The van der Waals surface area contributed by atoms with Gasteiger partial charge in [0.1, 0.15) is 0 Å². The predicted octanol–water partition coefficient (Wildman–Crippen LogP) is 4.16. The second kappa shape index (κ2) is 8.71. The lowest BCUT2D eigenvalue weighted by Gasteiger charge is -2.21. The van der Waals surface area contributed by atoms with Crippen LogP contribution >= 0.6 is 11.8 Å². The van der Waals surface area contributed by atoms with Gasteiger partial charge in [0.05, 0.1) is 6.61 Å². The summed E-state index contributed by atoms with van der Waals surface area (Å²) in [5, 5.41) is 4.25. The van der Waals surface area contributed by atoms with Gasteiger partial charge in [0.2, 0.25) is 0 Å². The topological polar surface area (TPSA) is 21.3 Å². The third kappa shape index (κ3) is 5.12. The highest BCUT2D eigenvalue weighted by Crippen LogP contribution is 2.34. The van der Waals surface area contributed by atoms with Crippen LogP contribution in [0.15, 0.2) is 23.1 Å². The number of hydrogen-bond donors (Lipinski definition) is 1. The number of ether oxygens (including phenoxy) is 1. The van der Waals surface area contributed by atoms with Gasteiger partial charge in [-0.05, 0) is 43.0 Å². The molecule has 20 heavy (non-hydrogen) atoms. The third-order valence-corrected chi connectivity index (χ3v) is 5.30. The fourth-order valence-electron chi connectivity index (χ4n) is 2.71. The molecule has 1 aliphatic rings. The Bertz CT molecular complexity index is 402. The van der Waals surface area contributed by atoms with Gasteiger partial charge < -0.3 is 10.1 Å². The number of aryl methyl sites for hydroxylation is 1. The molecule has 112 valence electrons. The van der Waals surface area contributed by atoms with Crippen molar-refractivity contribution < 1.29 is 4.74 Å². The Morgan fingerprint density at radius 2 is 2.05 bits per heavy atom. The minimum atomic E-state index is 0.772. The fraction of sp³-hybridized carbons (Fsp3) is 0.647. The summed E-state index contributed by atoms with van der Waals surface area (Å²) in [5.74, 6) is 0. The van der Waals surface area contributed by atoms with E-state index in [9.17, 15) is 0 Å². The van der Waals surface area contributed by atoms with Crippen LogP contribution in [0.1, 0.15) is 43.2 Å². The molecule has 0 aliphatic heterocycles. The average molecular weight is 293 g/mol. The van der Waals surface area contributed by atoms with Gasteiger partial charge in [-0.3, -0.25) is 0 Å². The maximum atomic E-state index is 5.05. The van der Waals surface area contributed by atoms with Crippen molar-refractivity contribution in [3.05, 3.63) is 29.3 Å². The highest BCUT2D eigenvalue weighted by Gasteiger charge is 2.14. The van der Waals surface area contributed by atoms with Crippen LogP contribution in [0.25, 0.3) is 0 Å². The highest BCUT2D eigenvalue weighted by molar-refractivity contribution is 8.00. The molecule has 1 aromatic carbocycles. The smallest absolute Gasteiger partial charge is 0.0587 e. The van der Waals surface area contributed by atoms with Gasteiger partial charge in [-0.1, -0.05) is 25.3 Å². The number of hydrogen-bond acceptors (Lipinski definition) is 3. The van der Waals surface area contributed by atoms with Crippen molar-refractivity contribution in [3.8, 4) is 0 Å². The summed E-state index contributed by atoms with van der Waals surface area (Å²) in [6, 6.07) is 6.92. The molecule has 0 radical (unpaired) electrons. The predicted molar refractivity (Wildman–Crippen MR) is 87.5 cm³/mol. The number of nitrogens with one attached hydrogen (secondary N) is 1. The Balaban J connectivity index is 1.84. The van der Waals surface area contributed by atoms with Crippen LogP contribution in [-0.2, 0) is 11.3 Å². The molecule has 1 N–H and O–H groups in total. The number of thioether (sulfide) groups is 1. The molecule has 0 unspecified atom stereocenters. The minimum absolute atomic E-state index is 0.772. The van der Waals surface area contributed by atoms with Gasteiger partial charge in [0.15, 0.2) is 0 Å². The first-order valence-corrected chi connectivity index (χ1v) is 8.63. The van der Waals surface area contributed by atoms with Crippen LogP contribution in [0.5, 0.6) is 0 Å². The fourth-order valence-corrected chi connectivity index (χ4v) is 4.06. The SMILES string of the molecule is COCCNCc1ccc(SC2CCCCC2)cc1C. The van der Waals surface area contributed by atoms with Gasteiger partial charge in [0.25, 0.3) is 0 Å². The molecule has 1 aliphatic carbocycles. The van der Waals surface area contributed by atoms with Crippen LogP contribution < -0.4 is 5.32 Å². The Morgan fingerprint density at radius 1 is 1.25 bits per heavy atom. The average Bonchev–Trinajstić information content (AvgIpc) is 2.46. The van der Waals surface area contributed by atoms with Crippen LogP contribution in [0.2, 0.25) is 0 Å². The van der Waals surface area contributed by atoms with E-state index in [-0.39, 0.29) is 0 Å². The molecule has 0 amide bonds. The first kappa shape index (κ1) is 15.9. The van der Waals surface area contributed by atoms with E-state index in [4.69, 9.17) is 4.74 Å². The summed E-state index contributed by atoms with van der Waals surface area (Å²) < 4.78 is 5.05. The molecule has 0 bridgehead atoms. The van der Waals surface area contributed by atoms with Gasteiger partial charge >= 0.3 is 0 Å². The quantitative estimate of drug-likeness (QED) is 0.763. The second-order valence-electron chi connectivity index (χ2n) is 5.64. The van der Waals surface area contributed by atoms with E-state index in [2.05, 4.69) is 42.2 Å². The molecule has 0 heterocycles. The number of benzene rings is 1. The molecule has 1 saturated carbocycles. The lowest BCUT2D eigenvalue weighted by atomic mass is 10.0. The zero-order chi connectivity index (χ0) is 14.2. The molecule has 1 fully saturated rings. The van der Waals surface area contributed by atoms with E-state index in [1.165, 1.54) is 48.1 Å². The highest BCUT2D eigenvalue weighted by atomic mass is 32.2. The maximum Gasteiger partial charge on any atom is 0.0587 e. The van der Waals surface area contributed by atoms with Crippen molar-refractivity contribution in [2.45, 2.75) is 55.7 Å². The monoisotopic (exact) mass is 293 g/mol. The Kier molecular flexibility index (Phi) is 6.91. The first-order chi connectivity index (χ1) is 9.79. The van der Waals surface area contributed by atoms with Crippen molar-refractivity contribution >= 4 is 11.8 Å². The van der Waals surface area contributed by atoms with Crippen molar-refractivity contribution in [3.63, 3.8) is 0 Å². The molecule has 2 nitrogen and oxygen atoms in total. The number of rotatable bonds is 7. The van der Waals surface area contributed by atoms with Crippen molar-refractivity contribution in [2.24, 2.45) is 0 Å². The lowest BCUT2D eigenvalue weighted by molar-refractivity contribution is 0.199. The van der Waals surface area contributed by atoms with E-state index in [0.717, 1.165) is 24.9 Å². The van der Waals surface area contributed by atoms with Crippen LogP contribution in [-0.4, -0.2) is 25.5 Å². The molecular formula is C17H27NOS. The van der Waals surface area contributed by atoms with Crippen molar-refractivity contribution in [1.29, 1.82) is 0 Å². The Morgan fingerprint density at radius 3 is 2.75 bits per heavy atom. The third-order valence-electron chi connectivity index (χ3n) is 3.97. The minimum Gasteiger partial charge on any atom is -0.383 e. The van der Waals surface area contributed by atoms with Gasteiger partial charge in [-0.25, -0.2) is 0 Å². The largest absolute Gasteiger partial charge is 0.383 e. The Labute approximate surface area is 127 Å². The molecule has 0 aromatic heterocycles. The summed E-state index contributed by atoms with van der Waals surface area (Å²) in [5.41, 5.74) is 2.80. The molecule has 0 atom stereocenters. The normalized spacial score (nSPS) is 16.5. The van der Waals surface area contributed by atoms with Gasteiger partial charge in [0, 0.05) is 30.3 Å². The first-order valence-electron chi connectivity index (χ1n) is 7.75. The second-order valence-corrected chi connectivity index (χ2v) is 7.01. The van der Waals surface area contributed by atoms with Gasteiger partial charge in [-0.2, -0.15) is 0 Å². The lowest BCUT2D eigenvalue weighted by Crippen LogP contribution is -2.19. The van der Waals surface area contributed by atoms with Crippen LogP contribution in [0.3, 0.4) is 0 Å². The van der Waals surface area contributed by atoms with E-state index in [1.807, 2.05) is 0 Å². The zero-order valence-corrected chi connectivity index (χ0v) is 13.6. The molecule has 0 spiro atoms. The maximum absolute atomic E-state index is 5.05. The van der Waals surface area contributed by atoms with Crippen LogP contribution in [0.4, 0.5) is 0 Å². The van der Waals surface area contributed by atoms with Crippen molar-refractivity contribution in [2.75, 3.05) is 20.3 Å². The van der Waals surface area contributed by atoms with Crippen molar-refractivity contribution in [1.82, 2.24) is 5.32 Å². The summed E-state index contributed by atoms with van der Waals surface area (Å²) in [6.45, 7) is 4.84. The standard InChI is InChI=1S/C17H27NOS/c1-14-12-17(20-16-6-4-3-5-7-16)9-8-15(14)13-18-10-11-19-2/h8-9,12,16,18H,3-7,10-11,13H2,1-2H3. The summed E-state index contributed by atoms with van der Waals surface area (Å²) >= 11 is 2.08. The van der Waals surface area contributed by atoms with Gasteiger partial charge in [-0.15, -0.1) is 11.8 Å². The molecular weight excluding hydrogens is 266 g/mol. The summed E-state index contributed by atoms with van der Waals surface area (Å²) in [7, 11) is 1.74. The molecule has 3 heteroatoms. The molecule has 2 rings (SSSR count). The van der Waals surface area contributed by atoms with Crippen LogP contribution in [0, 0.1) is 6.92 Å². The molecule has 0 saturated heterocycles. The summed E-state index contributed by atoms with van der Waals surface area (Å²) in [4.78, 5) is 1.44. The van der Waals surface area contributed by atoms with E-state index < -0.39 is 0 Å². The number of methoxy groups -OCH3 is 1. The van der Waals surface area contributed by atoms with E-state index >= 15 is 0 Å². The zero-order valence-electron chi connectivity index (χ0n) is 12.8. The van der Waals surface area contributed by atoms with E-state index in [1.54, 1.807) is 7.11 Å². The Hall–Kier alpha value is -0.510. The summed E-state index contributed by atoms with van der Waals surface area (Å²) in [6.07, 6.45) is 7.05.